The van der Waals surface area contributed by atoms with E-state index >= 15 is 0 Å². The van der Waals surface area contributed by atoms with Crippen LogP contribution in [0.1, 0.15) is 12.8 Å². The van der Waals surface area contributed by atoms with Crippen LogP contribution in [0.5, 0.6) is 5.75 Å². The molecule has 8 heteroatoms. The fourth-order valence-corrected chi connectivity index (χ4v) is 6.15. The standard InChI is InChI=1S/C21H34N4O3S/c1-23-9-11-24(12-10-23)15-18-16-25-8-7-17(18)13-19(25)14-22-29(26,27)21-5-3-20(28-2)4-6-21/h3-6,17-19,22H,7-16H2,1-2H3. The van der Waals surface area contributed by atoms with Crippen LogP contribution in [0.2, 0.25) is 0 Å². The minimum absolute atomic E-state index is 0.294. The van der Waals surface area contributed by atoms with E-state index in [4.69, 9.17) is 4.74 Å². The van der Waals surface area contributed by atoms with Gasteiger partial charge in [-0.2, -0.15) is 0 Å². The minimum Gasteiger partial charge on any atom is -0.497 e. The lowest BCUT2D eigenvalue weighted by Gasteiger charge is -2.51. The number of hydrogen-bond acceptors (Lipinski definition) is 6. The van der Waals surface area contributed by atoms with Crippen molar-refractivity contribution in [1.82, 2.24) is 19.4 Å². The van der Waals surface area contributed by atoms with Gasteiger partial charge in [-0.15, -0.1) is 0 Å². The van der Waals surface area contributed by atoms with E-state index in [0.717, 1.165) is 44.4 Å². The number of benzene rings is 1. The van der Waals surface area contributed by atoms with Gasteiger partial charge in [0.2, 0.25) is 10.0 Å². The number of methoxy groups -OCH3 is 1. The summed E-state index contributed by atoms with van der Waals surface area (Å²) in [4.78, 5) is 7.82. The van der Waals surface area contributed by atoms with Crippen molar-refractivity contribution in [3.63, 3.8) is 0 Å². The molecule has 4 fully saturated rings. The second-order valence-electron chi connectivity index (χ2n) is 8.82. The van der Waals surface area contributed by atoms with Crippen LogP contribution in [0.3, 0.4) is 0 Å². The highest BCUT2D eigenvalue weighted by Crippen LogP contribution is 2.36. The number of rotatable bonds is 7. The molecule has 4 unspecified atom stereocenters. The van der Waals surface area contributed by atoms with Crippen LogP contribution < -0.4 is 9.46 Å². The molecule has 5 rings (SSSR count). The zero-order chi connectivity index (χ0) is 20.4. The molecule has 0 aliphatic carbocycles. The van der Waals surface area contributed by atoms with Crippen molar-refractivity contribution in [2.75, 3.05) is 66.5 Å². The molecule has 0 spiro atoms. The smallest absolute Gasteiger partial charge is 0.240 e. The van der Waals surface area contributed by atoms with Crippen molar-refractivity contribution < 1.29 is 13.2 Å². The number of sulfonamides is 1. The van der Waals surface area contributed by atoms with Crippen LogP contribution in [0.4, 0.5) is 0 Å². The lowest BCUT2D eigenvalue weighted by atomic mass is 9.75. The molecule has 4 aliphatic rings. The van der Waals surface area contributed by atoms with Gasteiger partial charge >= 0.3 is 0 Å². The lowest BCUT2D eigenvalue weighted by molar-refractivity contribution is -0.0149. The minimum atomic E-state index is -3.49. The highest BCUT2D eigenvalue weighted by Gasteiger charge is 2.40. The molecule has 1 aromatic rings. The van der Waals surface area contributed by atoms with Crippen LogP contribution in [-0.4, -0.2) is 95.7 Å². The van der Waals surface area contributed by atoms with Crippen LogP contribution in [0, 0.1) is 11.8 Å². The van der Waals surface area contributed by atoms with Gasteiger partial charge in [-0.05, 0) is 62.5 Å². The van der Waals surface area contributed by atoms with Gasteiger partial charge in [-0.25, -0.2) is 13.1 Å². The molecule has 0 aromatic heterocycles. The van der Waals surface area contributed by atoms with Gasteiger partial charge in [-0.1, -0.05) is 0 Å². The first-order valence-electron chi connectivity index (χ1n) is 10.7. The van der Waals surface area contributed by atoms with Crippen LogP contribution in [-0.2, 0) is 10.0 Å². The van der Waals surface area contributed by atoms with Gasteiger partial charge in [0.25, 0.3) is 0 Å². The quantitative estimate of drug-likeness (QED) is 0.705. The average Bonchev–Trinajstić information content (AvgIpc) is 2.75. The number of ether oxygens (including phenoxy) is 1. The molecule has 4 atom stereocenters. The number of nitrogens with one attached hydrogen (secondary N) is 1. The Morgan fingerprint density at radius 2 is 1.83 bits per heavy atom. The number of hydrogen-bond donors (Lipinski definition) is 1. The van der Waals surface area contributed by atoms with Crippen molar-refractivity contribution >= 4 is 10.0 Å². The highest BCUT2D eigenvalue weighted by molar-refractivity contribution is 7.89. The molecular weight excluding hydrogens is 388 g/mol. The predicted molar refractivity (Wildman–Crippen MR) is 114 cm³/mol. The third-order valence-corrected chi connectivity index (χ3v) is 8.42. The summed E-state index contributed by atoms with van der Waals surface area (Å²) in [6, 6.07) is 6.87. The fourth-order valence-electron chi connectivity index (χ4n) is 5.07. The fraction of sp³-hybridized carbons (Fsp3) is 0.714. The largest absolute Gasteiger partial charge is 0.497 e. The Kier molecular flexibility index (Phi) is 6.46. The highest BCUT2D eigenvalue weighted by atomic mass is 32.2. The van der Waals surface area contributed by atoms with Gasteiger partial charge < -0.3 is 14.5 Å². The first-order valence-corrected chi connectivity index (χ1v) is 12.2. The van der Waals surface area contributed by atoms with E-state index < -0.39 is 10.0 Å². The number of likely N-dealkylation sites (N-methyl/N-ethyl adjacent to an activating group) is 1. The molecule has 162 valence electrons. The maximum absolute atomic E-state index is 12.7. The van der Waals surface area contributed by atoms with Crippen molar-refractivity contribution in [2.24, 2.45) is 11.8 Å². The molecule has 4 aliphatic heterocycles. The zero-order valence-electron chi connectivity index (χ0n) is 17.6. The van der Waals surface area contributed by atoms with E-state index in [1.165, 1.54) is 26.1 Å². The van der Waals surface area contributed by atoms with Crippen LogP contribution >= 0.6 is 0 Å². The molecule has 0 radical (unpaired) electrons. The molecule has 0 saturated carbocycles. The summed E-state index contributed by atoms with van der Waals surface area (Å²) in [6.07, 6.45) is 2.35. The molecule has 29 heavy (non-hydrogen) atoms. The first kappa shape index (κ1) is 21.1. The van der Waals surface area contributed by atoms with Gasteiger partial charge in [0, 0.05) is 51.9 Å². The van der Waals surface area contributed by atoms with E-state index in [-0.39, 0.29) is 0 Å². The van der Waals surface area contributed by atoms with Gasteiger partial charge in [0.05, 0.1) is 12.0 Å². The SMILES string of the molecule is COc1ccc(S(=O)(=O)NCC2CC3CCN2CC3CN2CCN(C)CC2)cc1. The molecule has 7 nitrogen and oxygen atoms in total. The van der Waals surface area contributed by atoms with E-state index in [2.05, 4.69) is 26.5 Å². The van der Waals surface area contributed by atoms with Crippen LogP contribution in [0.15, 0.2) is 29.2 Å². The summed E-state index contributed by atoms with van der Waals surface area (Å²) in [7, 11) is 0.284. The molecule has 0 amide bonds. The lowest BCUT2D eigenvalue weighted by Crippen LogP contribution is -2.59. The Bertz CT molecular complexity index is 778. The molecule has 1 aromatic carbocycles. The average molecular weight is 423 g/mol. The zero-order valence-corrected chi connectivity index (χ0v) is 18.4. The number of piperazine rings is 1. The summed E-state index contributed by atoms with van der Waals surface area (Å²) in [6.45, 7) is 8.56. The van der Waals surface area contributed by atoms with Crippen molar-refractivity contribution in [3.05, 3.63) is 24.3 Å². The second-order valence-corrected chi connectivity index (χ2v) is 10.6. The van der Waals surface area contributed by atoms with Gasteiger partial charge in [0.15, 0.2) is 0 Å². The molecule has 1 N–H and O–H groups in total. The topological polar surface area (TPSA) is 65.1 Å². The van der Waals surface area contributed by atoms with Crippen molar-refractivity contribution in [2.45, 2.75) is 23.8 Å². The second kappa shape index (κ2) is 8.89. The number of nitrogens with zero attached hydrogens (tertiary/aromatic N) is 3. The Balaban J connectivity index is 1.30. The summed E-state index contributed by atoms with van der Waals surface area (Å²) in [5, 5.41) is 0. The van der Waals surface area contributed by atoms with Crippen molar-refractivity contribution in [1.29, 1.82) is 0 Å². The van der Waals surface area contributed by atoms with E-state index in [9.17, 15) is 8.42 Å². The van der Waals surface area contributed by atoms with Gasteiger partial charge in [-0.3, -0.25) is 4.90 Å². The Morgan fingerprint density at radius 1 is 1.10 bits per heavy atom. The summed E-state index contributed by atoms with van der Waals surface area (Å²) < 4.78 is 33.3. The first-order chi connectivity index (χ1) is 13.9. The maximum atomic E-state index is 12.7. The molecular formula is C21H34N4O3S. The van der Waals surface area contributed by atoms with Gasteiger partial charge in [0.1, 0.15) is 5.75 Å². The monoisotopic (exact) mass is 422 g/mol. The summed E-state index contributed by atoms with van der Waals surface area (Å²) in [5.41, 5.74) is 0. The number of piperidine rings is 3. The third-order valence-electron chi connectivity index (χ3n) is 6.98. The summed E-state index contributed by atoms with van der Waals surface area (Å²) in [5.74, 6) is 2.10. The molecule has 2 bridgehead atoms. The Labute approximate surface area is 175 Å². The van der Waals surface area contributed by atoms with Crippen LogP contribution in [0.25, 0.3) is 0 Å². The Hall–Kier alpha value is -1.19. The number of fused-ring (bicyclic) bond motifs is 3. The third kappa shape index (κ3) is 4.94. The molecule has 4 saturated heterocycles. The molecule has 4 heterocycles. The van der Waals surface area contributed by atoms with E-state index in [1.807, 2.05) is 0 Å². The summed E-state index contributed by atoms with van der Waals surface area (Å²) >= 11 is 0. The maximum Gasteiger partial charge on any atom is 0.240 e. The van der Waals surface area contributed by atoms with E-state index in [1.54, 1.807) is 31.4 Å². The van der Waals surface area contributed by atoms with Crippen molar-refractivity contribution in [3.8, 4) is 5.75 Å². The predicted octanol–water partition coefficient (Wildman–Crippen LogP) is 0.931. The normalized spacial score (nSPS) is 31.1. The van der Waals surface area contributed by atoms with E-state index in [0.29, 0.717) is 23.2 Å². The Morgan fingerprint density at radius 3 is 2.45 bits per heavy atom.